The average molecular weight is 521 g/mol. The first kappa shape index (κ1) is 24.2. The van der Waals surface area contributed by atoms with E-state index in [-0.39, 0.29) is 22.0 Å². The molecule has 2 aliphatic rings. The summed E-state index contributed by atoms with van der Waals surface area (Å²) >= 11 is 12.0. The molecule has 0 aliphatic carbocycles. The molecule has 0 spiro atoms. The smallest absolute Gasteiger partial charge is 0.335 e. The van der Waals surface area contributed by atoms with Crippen molar-refractivity contribution in [1.82, 2.24) is 4.90 Å². The molecule has 2 bridgehead atoms. The number of nitrogens with zero attached hydrogens (tertiary/aromatic N) is 2. The van der Waals surface area contributed by atoms with Crippen LogP contribution in [0.15, 0.2) is 47.4 Å². The lowest BCUT2D eigenvalue weighted by molar-refractivity contribution is -0.137. The normalized spacial score (nSPS) is 20.7. The Labute approximate surface area is 200 Å². The molecule has 0 radical (unpaired) electrons. The number of amides is 1. The highest BCUT2D eigenvalue weighted by atomic mass is 35.5. The zero-order valence-corrected chi connectivity index (χ0v) is 19.7. The number of hydrogen-bond acceptors (Lipinski definition) is 3. The predicted octanol–water partition coefficient (Wildman–Crippen LogP) is 5.75. The van der Waals surface area contributed by atoms with Gasteiger partial charge >= 0.3 is 6.18 Å². The van der Waals surface area contributed by atoms with E-state index in [2.05, 4.69) is 0 Å². The maximum absolute atomic E-state index is 13.5. The maximum atomic E-state index is 13.5. The predicted molar refractivity (Wildman–Crippen MR) is 120 cm³/mol. The van der Waals surface area contributed by atoms with Gasteiger partial charge in [0, 0.05) is 17.1 Å². The third kappa shape index (κ3) is 4.81. The second kappa shape index (κ2) is 9.00. The first-order chi connectivity index (χ1) is 15.5. The number of benzene rings is 2. The van der Waals surface area contributed by atoms with E-state index in [1.807, 2.05) is 0 Å². The van der Waals surface area contributed by atoms with Gasteiger partial charge in [-0.1, -0.05) is 23.2 Å². The number of alkyl halides is 3. The Hall–Kier alpha value is -1.97. The van der Waals surface area contributed by atoms with Crippen molar-refractivity contribution in [3.63, 3.8) is 0 Å². The lowest BCUT2D eigenvalue weighted by Crippen LogP contribution is -2.49. The van der Waals surface area contributed by atoms with Gasteiger partial charge in [0.1, 0.15) is 6.54 Å². The highest BCUT2D eigenvalue weighted by molar-refractivity contribution is 7.92. The molecule has 2 aromatic rings. The lowest BCUT2D eigenvalue weighted by atomic mass is 10.0. The molecule has 2 saturated heterocycles. The molecule has 11 heteroatoms. The summed E-state index contributed by atoms with van der Waals surface area (Å²) in [5.74, 6) is -0.451. The minimum atomic E-state index is -4.72. The van der Waals surface area contributed by atoms with Gasteiger partial charge in [0.2, 0.25) is 5.91 Å². The standard InChI is InChI=1S/C22H21Cl2F3N2O3S/c23-15-5-9-18(10-6-15)33(31,32)28(20-12-14(22(25,26)27)4-11-19(20)24)13-21(30)29-16-2-1-3-17(29)8-7-16/h4-6,9-12,16-17H,1-3,7-8,13H2. The number of hydrogen-bond donors (Lipinski definition) is 0. The van der Waals surface area contributed by atoms with Crippen molar-refractivity contribution in [2.24, 2.45) is 0 Å². The summed E-state index contributed by atoms with van der Waals surface area (Å²) in [7, 11) is -4.43. The lowest BCUT2D eigenvalue weighted by Gasteiger charge is -2.36. The Morgan fingerprint density at radius 3 is 2.18 bits per heavy atom. The van der Waals surface area contributed by atoms with E-state index in [0.29, 0.717) is 15.4 Å². The molecular formula is C22H21Cl2F3N2O3S. The summed E-state index contributed by atoms with van der Waals surface area (Å²) in [6.07, 6.45) is -0.390. The molecule has 2 fully saturated rings. The minimum Gasteiger partial charge on any atom is -0.335 e. The number of sulfonamides is 1. The van der Waals surface area contributed by atoms with Gasteiger partial charge in [-0.2, -0.15) is 13.2 Å². The van der Waals surface area contributed by atoms with E-state index in [9.17, 15) is 26.4 Å². The van der Waals surface area contributed by atoms with Crippen molar-refractivity contribution < 1.29 is 26.4 Å². The van der Waals surface area contributed by atoms with Crippen LogP contribution < -0.4 is 4.31 Å². The Kier molecular flexibility index (Phi) is 6.59. The molecule has 2 heterocycles. The maximum Gasteiger partial charge on any atom is 0.416 e. The summed E-state index contributed by atoms with van der Waals surface area (Å²) in [6, 6.07) is 7.64. The Bertz CT molecular complexity index is 1140. The van der Waals surface area contributed by atoms with Crippen LogP contribution in [0.4, 0.5) is 18.9 Å². The van der Waals surface area contributed by atoms with Gasteiger partial charge in [-0.05, 0) is 74.6 Å². The summed E-state index contributed by atoms with van der Waals surface area (Å²) in [6.45, 7) is -0.654. The van der Waals surface area contributed by atoms with E-state index in [0.717, 1.165) is 44.2 Å². The van der Waals surface area contributed by atoms with Gasteiger partial charge in [0.15, 0.2) is 0 Å². The highest BCUT2D eigenvalue weighted by Crippen LogP contribution is 2.39. The summed E-state index contributed by atoms with van der Waals surface area (Å²) in [5, 5.41) is 0.0773. The van der Waals surface area contributed by atoms with Crippen LogP contribution in [-0.4, -0.2) is 37.9 Å². The second-order valence-corrected chi connectivity index (χ2v) is 11.0. The number of piperidine rings is 1. The fourth-order valence-corrected chi connectivity index (χ4v) is 6.46. The summed E-state index contributed by atoms with van der Waals surface area (Å²) < 4.78 is 67.9. The SMILES string of the molecule is O=C(CN(c1cc(C(F)(F)F)ccc1Cl)S(=O)(=O)c1ccc(Cl)cc1)N1C2CCCC1CC2. The Balaban J connectivity index is 1.78. The Morgan fingerprint density at radius 1 is 1.00 bits per heavy atom. The van der Waals surface area contributed by atoms with Crippen molar-refractivity contribution in [3.8, 4) is 0 Å². The van der Waals surface area contributed by atoms with Crippen molar-refractivity contribution in [2.75, 3.05) is 10.8 Å². The van der Waals surface area contributed by atoms with Gasteiger partial charge in [-0.3, -0.25) is 9.10 Å². The summed E-state index contributed by atoms with van der Waals surface area (Å²) in [5.41, 5.74) is -1.47. The molecule has 0 aromatic heterocycles. The first-order valence-corrected chi connectivity index (χ1v) is 12.6. The van der Waals surface area contributed by atoms with Crippen LogP contribution in [-0.2, 0) is 21.0 Å². The fourth-order valence-electron chi connectivity index (χ4n) is 4.64. The van der Waals surface area contributed by atoms with Crippen LogP contribution in [0.5, 0.6) is 0 Å². The molecule has 2 atom stereocenters. The van der Waals surface area contributed by atoms with E-state index in [1.54, 1.807) is 4.90 Å². The van der Waals surface area contributed by atoms with Crippen LogP contribution >= 0.6 is 23.2 Å². The molecule has 2 aromatic carbocycles. The number of carbonyl (C=O) groups excluding carboxylic acids is 1. The number of carbonyl (C=O) groups is 1. The minimum absolute atomic E-state index is 0.0216. The van der Waals surface area contributed by atoms with Crippen LogP contribution in [0.3, 0.4) is 0 Å². The van der Waals surface area contributed by atoms with Crippen LogP contribution in [0.2, 0.25) is 10.0 Å². The molecule has 0 N–H and O–H groups in total. The molecule has 2 unspecified atom stereocenters. The monoisotopic (exact) mass is 520 g/mol. The quantitative estimate of drug-likeness (QED) is 0.504. The number of halogens is 5. The van der Waals surface area contributed by atoms with E-state index >= 15 is 0 Å². The van der Waals surface area contributed by atoms with Gasteiger partial charge in [0.25, 0.3) is 10.0 Å². The molecular weight excluding hydrogens is 500 g/mol. The third-order valence-corrected chi connectivity index (χ3v) is 8.55. The molecule has 0 saturated carbocycles. The van der Waals surface area contributed by atoms with Crippen LogP contribution in [0.1, 0.15) is 37.7 Å². The zero-order valence-electron chi connectivity index (χ0n) is 17.4. The molecule has 5 nitrogen and oxygen atoms in total. The topological polar surface area (TPSA) is 57.7 Å². The van der Waals surface area contributed by atoms with Crippen LogP contribution in [0.25, 0.3) is 0 Å². The van der Waals surface area contributed by atoms with Gasteiger partial charge in [-0.15, -0.1) is 0 Å². The van der Waals surface area contributed by atoms with Gasteiger partial charge < -0.3 is 4.90 Å². The molecule has 178 valence electrons. The third-order valence-electron chi connectivity index (χ3n) is 6.21. The molecule has 1 amide bonds. The summed E-state index contributed by atoms with van der Waals surface area (Å²) in [4.78, 5) is 14.8. The van der Waals surface area contributed by atoms with Crippen LogP contribution in [0, 0.1) is 0 Å². The van der Waals surface area contributed by atoms with Gasteiger partial charge in [-0.25, -0.2) is 8.42 Å². The van der Waals surface area contributed by atoms with E-state index in [4.69, 9.17) is 23.2 Å². The van der Waals surface area contributed by atoms with Crippen molar-refractivity contribution >= 4 is 44.8 Å². The van der Waals surface area contributed by atoms with E-state index < -0.39 is 39.9 Å². The van der Waals surface area contributed by atoms with Gasteiger partial charge in [0.05, 0.1) is 21.2 Å². The Morgan fingerprint density at radius 2 is 1.61 bits per heavy atom. The highest BCUT2D eigenvalue weighted by Gasteiger charge is 2.41. The molecule has 2 aliphatic heterocycles. The fraction of sp³-hybridized carbons (Fsp3) is 0.409. The first-order valence-electron chi connectivity index (χ1n) is 10.4. The van der Waals surface area contributed by atoms with Crippen molar-refractivity contribution in [1.29, 1.82) is 0 Å². The second-order valence-electron chi connectivity index (χ2n) is 8.25. The van der Waals surface area contributed by atoms with Crippen molar-refractivity contribution in [3.05, 3.63) is 58.1 Å². The molecule has 33 heavy (non-hydrogen) atoms. The largest absolute Gasteiger partial charge is 0.416 e. The number of rotatable bonds is 5. The van der Waals surface area contributed by atoms with Crippen molar-refractivity contribution in [2.45, 2.75) is 55.3 Å². The zero-order chi connectivity index (χ0) is 24.0. The number of fused-ring (bicyclic) bond motifs is 2. The number of anilines is 1. The molecule has 4 rings (SSSR count). The van der Waals surface area contributed by atoms with E-state index in [1.165, 1.54) is 24.3 Å². The average Bonchev–Trinajstić information content (AvgIpc) is 3.00.